The summed E-state index contributed by atoms with van der Waals surface area (Å²) in [5.74, 6) is -0.252. The van der Waals surface area contributed by atoms with E-state index in [2.05, 4.69) is 0 Å². The molecule has 1 aromatic carbocycles. The third-order valence-corrected chi connectivity index (χ3v) is 3.16. The normalized spacial score (nSPS) is 18.1. The summed E-state index contributed by atoms with van der Waals surface area (Å²) in [6.07, 6.45) is 0. The zero-order valence-electron chi connectivity index (χ0n) is 10.0. The molecular weight excluding hydrogens is 205 g/mol. The third kappa shape index (κ3) is 1.34. The molecular formula is C13H16FNO. The van der Waals surface area contributed by atoms with Gasteiger partial charge in [-0.15, -0.1) is 0 Å². The Hall–Kier alpha value is -1.38. The minimum absolute atomic E-state index is 0.0445. The lowest BCUT2D eigenvalue weighted by atomic mass is 9.86. The summed E-state index contributed by atoms with van der Waals surface area (Å²) in [4.78, 5) is 13.9. The number of fused-ring (bicyclic) bond motifs is 1. The quantitative estimate of drug-likeness (QED) is 0.714. The van der Waals surface area contributed by atoms with Gasteiger partial charge in [-0.25, -0.2) is 4.39 Å². The molecule has 0 unspecified atom stereocenters. The molecule has 1 aliphatic heterocycles. The van der Waals surface area contributed by atoms with Crippen LogP contribution in [0.2, 0.25) is 0 Å². The number of nitrogens with zero attached hydrogens (tertiary/aromatic N) is 1. The Morgan fingerprint density at radius 1 is 1.31 bits per heavy atom. The highest BCUT2D eigenvalue weighted by atomic mass is 19.1. The van der Waals surface area contributed by atoms with Crippen molar-refractivity contribution in [1.29, 1.82) is 0 Å². The predicted molar refractivity (Wildman–Crippen MR) is 62.0 cm³/mol. The van der Waals surface area contributed by atoms with Crippen molar-refractivity contribution in [2.45, 2.75) is 39.2 Å². The highest BCUT2D eigenvalue weighted by Crippen LogP contribution is 2.42. The fourth-order valence-electron chi connectivity index (χ4n) is 2.27. The van der Waals surface area contributed by atoms with Gasteiger partial charge in [0.1, 0.15) is 5.82 Å². The monoisotopic (exact) mass is 221 g/mol. The maximum atomic E-state index is 13.2. The van der Waals surface area contributed by atoms with Crippen LogP contribution in [0.1, 0.15) is 33.3 Å². The van der Waals surface area contributed by atoms with Gasteiger partial charge in [0, 0.05) is 6.04 Å². The van der Waals surface area contributed by atoms with E-state index >= 15 is 0 Å². The molecule has 0 atom stereocenters. The van der Waals surface area contributed by atoms with E-state index in [-0.39, 0.29) is 17.8 Å². The van der Waals surface area contributed by atoms with Gasteiger partial charge in [-0.05, 0) is 45.4 Å². The maximum Gasteiger partial charge on any atom is 0.237 e. The molecule has 0 saturated carbocycles. The Bertz CT molecular complexity index is 451. The van der Waals surface area contributed by atoms with E-state index in [1.165, 1.54) is 12.1 Å². The number of carbonyl (C=O) groups is 1. The highest BCUT2D eigenvalue weighted by Gasteiger charge is 2.44. The number of anilines is 1. The van der Waals surface area contributed by atoms with Crippen LogP contribution in [0.15, 0.2) is 18.2 Å². The molecule has 1 amide bonds. The van der Waals surface area contributed by atoms with E-state index in [0.717, 1.165) is 5.56 Å². The topological polar surface area (TPSA) is 20.3 Å². The van der Waals surface area contributed by atoms with Crippen LogP contribution in [0, 0.1) is 5.82 Å². The Balaban J connectivity index is 2.65. The molecule has 2 nitrogen and oxygen atoms in total. The van der Waals surface area contributed by atoms with Crippen LogP contribution >= 0.6 is 0 Å². The van der Waals surface area contributed by atoms with Gasteiger partial charge in [0.05, 0.1) is 11.1 Å². The fourth-order valence-corrected chi connectivity index (χ4v) is 2.27. The van der Waals surface area contributed by atoms with Crippen LogP contribution in [-0.4, -0.2) is 11.9 Å². The lowest BCUT2D eigenvalue weighted by Gasteiger charge is -2.24. The molecule has 1 aliphatic rings. The van der Waals surface area contributed by atoms with E-state index in [1.807, 2.05) is 27.7 Å². The second kappa shape index (κ2) is 3.30. The first-order chi connectivity index (χ1) is 7.35. The van der Waals surface area contributed by atoms with Gasteiger partial charge in [0.15, 0.2) is 0 Å². The smallest absolute Gasteiger partial charge is 0.237 e. The summed E-state index contributed by atoms with van der Waals surface area (Å²) < 4.78 is 13.2. The highest BCUT2D eigenvalue weighted by molar-refractivity contribution is 6.07. The van der Waals surface area contributed by atoms with Gasteiger partial charge in [0.25, 0.3) is 0 Å². The number of halogens is 1. The van der Waals surface area contributed by atoms with Crippen LogP contribution in [-0.2, 0) is 10.2 Å². The van der Waals surface area contributed by atoms with E-state index in [4.69, 9.17) is 0 Å². The van der Waals surface area contributed by atoms with Crippen LogP contribution in [0.3, 0.4) is 0 Å². The standard InChI is InChI=1S/C13H16FNO/c1-8(2)15-11-7-9(14)5-6-10(11)13(3,4)12(15)16/h5-8H,1-4H3. The summed E-state index contributed by atoms with van der Waals surface area (Å²) in [6, 6.07) is 4.62. The molecule has 0 N–H and O–H groups in total. The lowest BCUT2D eigenvalue weighted by Crippen LogP contribution is -2.40. The van der Waals surface area contributed by atoms with Gasteiger partial charge in [-0.3, -0.25) is 4.79 Å². The Morgan fingerprint density at radius 3 is 2.50 bits per heavy atom. The average molecular weight is 221 g/mol. The van der Waals surface area contributed by atoms with Crippen molar-refractivity contribution in [3.05, 3.63) is 29.6 Å². The fraction of sp³-hybridized carbons (Fsp3) is 0.462. The predicted octanol–water partition coefficient (Wildman–Crippen LogP) is 2.86. The number of hydrogen-bond donors (Lipinski definition) is 0. The average Bonchev–Trinajstić information content (AvgIpc) is 2.34. The van der Waals surface area contributed by atoms with Crippen LogP contribution in [0.25, 0.3) is 0 Å². The summed E-state index contributed by atoms with van der Waals surface area (Å²) in [5.41, 5.74) is 1.07. The molecule has 1 heterocycles. The van der Waals surface area contributed by atoms with E-state index in [9.17, 15) is 9.18 Å². The van der Waals surface area contributed by atoms with Crippen LogP contribution < -0.4 is 4.90 Å². The molecule has 3 heteroatoms. The molecule has 0 spiro atoms. The lowest BCUT2D eigenvalue weighted by molar-refractivity contribution is -0.122. The van der Waals surface area contributed by atoms with Crippen molar-refractivity contribution in [3.63, 3.8) is 0 Å². The van der Waals surface area contributed by atoms with Crippen LogP contribution in [0.4, 0.5) is 10.1 Å². The van der Waals surface area contributed by atoms with Gasteiger partial charge in [-0.2, -0.15) is 0 Å². The number of carbonyl (C=O) groups excluding carboxylic acids is 1. The molecule has 0 radical (unpaired) electrons. The zero-order valence-corrected chi connectivity index (χ0v) is 10.0. The van der Waals surface area contributed by atoms with Gasteiger partial charge >= 0.3 is 0 Å². The van der Waals surface area contributed by atoms with Gasteiger partial charge < -0.3 is 4.90 Å². The first-order valence-electron chi connectivity index (χ1n) is 5.49. The maximum absolute atomic E-state index is 13.2. The number of amides is 1. The van der Waals surface area contributed by atoms with Crippen molar-refractivity contribution in [3.8, 4) is 0 Å². The zero-order chi connectivity index (χ0) is 12.1. The van der Waals surface area contributed by atoms with Crippen molar-refractivity contribution >= 4 is 11.6 Å². The third-order valence-electron chi connectivity index (χ3n) is 3.16. The Labute approximate surface area is 95.1 Å². The Kier molecular flexibility index (Phi) is 2.30. The first kappa shape index (κ1) is 11.1. The SMILES string of the molecule is CC(C)N1C(=O)C(C)(C)c2ccc(F)cc21. The molecule has 0 aromatic heterocycles. The van der Waals surface area contributed by atoms with Crippen molar-refractivity contribution in [1.82, 2.24) is 0 Å². The van der Waals surface area contributed by atoms with Crippen LogP contribution in [0.5, 0.6) is 0 Å². The van der Waals surface area contributed by atoms with Gasteiger partial charge in [-0.1, -0.05) is 6.07 Å². The van der Waals surface area contributed by atoms with Crippen molar-refractivity contribution < 1.29 is 9.18 Å². The second-order valence-corrected chi connectivity index (χ2v) is 5.06. The van der Waals surface area contributed by atoms with E-state index in [0.29, 0.717) is 5.69 Å². The molecule has 0 fully saturated rings. The summed E-state index contributed by atoms with van der Waals surface area (Å²) in [5, 5.41) is 0. The van der Waals surface area contributed by atoms with E-state index < -0.39 is 5.41 Å². The van der Waals surface area contributed by atoms with Crippen molar-refractivity contribution in [2.24, 2.45) is 0 Å². The number of rotatable bonds is 1. The van der Waals surface area contributed by atoms with E-state index in [1.54, 1.807) is 11.0 Å². The minimum atomic E-state index is -0.548. The molecule has 1 aromatic rings. The number of hydrogen-bond acceptors (Lipinski definition) is 1. The summed E-state index contributed by atoms with van der Waals surface area (Å²) in [7, 11) is 0. The molecule has 0 aliphatic carbocycles. The Morgan fingerprint density at radius 2 is 1.94 bits per heavy atom. The van der Waals surface area contributed by atoms with Crippen molar-refractivity contribution in [2.75, 3.05) is 4.90 Å². The minimum Gasteiger partial charge on any atom is -0.309 e. The van der Waals surface area contributed by atoms with Gasteiger partial charge in [0.2, 0.25) is 5.91 Å². The molecule has 86 valence electrons. The second-order valence-electron chi connectivity index (χ2n) is 5.06. The molecule has 0 saturated heterocycles. The largest absolute Gasteiger partial charge is 0.309 e. The summed E-state index contributed by atoms with van der Waals surface area (Å²) in [6.45, 7) is 7.64. The molecule has 2 rings (SSSR count). The first-order valence-corrected chi connectivity index (χ1v) is 5.49. The molecule has 0 bridgehead atoms. The summed E-state index contributed by atoms with van der Waals surface area (Å²) >= 11 is 0. The molecule has 16 heavy (non-hydrogen) atoms. The number of benzene rings is 1.